The van der Waals surface area contributed by atoms with Gasteiger partial charge in [0.2, 0.25) is 0 Å². The average molecular weight is 419 g/mol. The van der Waals surface area contributed by atoms with Gasteiger partial charge in [-0.1, -0.05) is 79.1 Å². The SMILES string of the molecule is CCCCCC(CCC)C(CC(CC)CCCC)OC(=O)c1ccc(C(=O)O)cc1. The second-order valence-corrected chi connectivity index (χ2v) is 8.52. The van der Waals surface area contributed by atoms with Gasteiger partial charge in [-0.2, -0.15) is 0 Å². The second kappa shape index (κ2) is 15.0. The highest BCUT2D eigenvalue weighted by Crippen LogP contribution is 2.30. The Kier molecular flexibility index (Phi) is 13.1. The van der Waals surface area contributed by atoms with E-state index in [1.54, 1.807) is 12.1 Å². The molecule has 0 aliphatic rings. The fraction of sp³-hybridized carbons (Fsp3) is 0.692. The summed E-state index contributed by atoms with van der Waals surface area (Å²) in [6.07, 6.45) is 12.4. The molecule has 30 heavy (non-hydrogen) atoms. The molecule has 1 aromatic rings. The van der Waals surface area contributed by atoms with Crippen LogP contribution in [-0.2, 0) is 4.74 Å². The van der Waals surface area contributed by atoms with Gasteiger partial charge in [-0.25, -0.2) is 9.59 Å². The van der Waals surface area contributed by atoms with Crippen molar-refractivity contribution in [2.75, 3.05) is 0 Å². The van der Waals surface area contributed by atoms with Crippen LogP contribution in [0.2, 0.25) is 0 Å². The number of carboxylic acid groups (broad SMARTS) is 1. The van der Waals surface area contributed by atoms with Gasteiger partial charge in [0.15, 0.2) is 0 Å². The first-order valence-electron chi connectivity index (χ1n) is 12.0. The summed E-state index contributed by atoms with van der Waals surface area (Å²) >= 11 is 0. The van der Waals surface area contributed by atoms with E-state index in [-0.39, 0.29) is 17.6 Å². The first kappa shape index (κ1) is 26.2. The van der Waals surface area contributed by atoms with Crippen LogP contribution in [0.1, 0.15) is 119 Å². The topological polar surface area (TPSA) is 63.6 Å². The lowest BCUT2D eigenvalue weighted by atomic mass is 9.83. The number of carbonyl (C=O) groups excluding carboxylic acids is 1. The standard InChI is InChI=1S/C26H42O4/c1-5-9-11-14-21(12-7-3)24(19-20(8-4)13-10-6-2)30-26(29)23-17-15-22(16-18-23)25(27)28/h15-18,20-21,24H,5-14,19H2,1-4H3,(H,27,28). The molecule has 0 aliphatic heterocycles. The molecule has 0 heterocycles. The number of benzene rings is 1. The lowest BCUT2D eigenvalue weighted by Crippen LogP contribution is -2.30. The summed E-state index contributed by atoms with van der Waals surface area (Å²) < 4.78 is 6.11. The third-order valence-corrected chi connectivity index (χ3v) is 6.10. The molecule has 3 unspecified atom stereocenters. The predicted molar refractivity (Wildman–Crippen MR) is 123 cm³/mol. The van der Waals surface area contributed by atoms with Gasteiger partial charge in [-0.05, 0) is 55.4 Å². The summed E-state index contributed by atoms with van der Waals surface area (Å²) in [6, 6.07) is 6.05. The van der Waals surface area contributed by atoms with Crippen LogP contribution in [0.15, 0.2) is 24.3 Å². The van der Waals surface area contributed by atoms with Crippen molar-refractivity contribution >= 4 is 11.9 Å². The molecule has 1 rings (SSSR count). The number of aromatic carboxylic acids is 1. The van der Waals surface area contributed by atoms with Crippen LogP contribution < -0.4 is 0 Å². The van der Waals surface area contributed by atoms with E-state index in [0.29, 0.717) is 17.4 Å². The largest absolute Gasteiger partial charge is 0.478 e. The summed E-state index contributed by atoms with van der Waals surface area (Å²) in [5, 5.41) is 9.08. The van der Waals surface area contributed by atoms with Crippen LogP contribution in [0.3, 0.4) is 0 Å². The van der Waals surface area contributed by atoms with E-state index in [0.717, 1.165) is 32.1 Å². The van der Waals surface area contributed by atoms with Crippen molar-refractivity contribution in [1.29, 1.82) is 0 Å². The highest BCUT2D eigenvalue weighted by atomic mass is 16.5. The molecule has 170 valence electrons. The third-order valence-electron chi connectivity index (χ3n) is 6.10. The molecule has 3 atom stereocenters. The molecule has 0 bridgehead atoms. The molecule has 0 spiro atoms. The normalized spacial score (nSPS) is 14.1. The van der Waals surface area contributed by atoms with E-state index in [1.165, 1.54) is 50.7 Å². The fourth-order valence-corrected chi connectivity index (χ4v) is 4.14. The van der Waals surface area contributed by atoms with E-state index in [2.05, 4.69) is 27.7 Å². The fourth-order valence-electron chi connectivity index (χ4n) is 4.14. The number of hydrogen-bond acceptors (Lipinski definition) is 3. The molecule has 1 N–H and O–H groups in total. The third kappa shape index (κ3) is 9.32. The first-order valence-corrected chi connectivity index (χ1v) is 12.0. The molecule has 0 fully saturated rings. The minimum absolute atomic E-state index is 0.0738. The van der Waals surface area contributed by atoms with Gasteiger partial charge in [-0.15, -0.1) is 0 Å². The summed E-state index contributed by atoms with van der Waals surface area (Å²) in [7, 11) is 0. The molecular weight excluding hydrogens is 376 g/mol. The Morgan fingerprint density at radius 3 is 2.00 bits per heavy atom. The van der Waals surface area contributed by atoms with E-state index in [4.69, 9.17) is 9.84 Å². The summed E-state index contributed by atoms with van der Waals surface area (Å²) in [4.78, 5) is 24.0. The Morgan fingerprint density at radius 1 is 0.833 bits per heavy atom. The molecular formula is C26H42O4. The lowest BCUT2D eigenvalue weighted by molar-refractivity contribution is 0.00113. The number of esters is 1. The van der Waals surface area contributed by atoms with Crippen LogP contribution in [0, 0.1) is 11.8 Å². The Morgan fingerprint density at radius 2 is 1.47 bits per heavy atom. The maximum atomic E-state index is 12.9. The van der Waals surface area contributed by atoms with Crippen molar-refractivity contribution in [3.05, 3.63) is 35.4 Å². The number of unbranched alkanes of at least 4 members (excludes halogenated alkanes) is 3. The Hall–Kier alpha value is -1.84. The van der Waals surface area contributed by atoms with Crippen molar-refractivity contribution in [1.82, 2.24) is 0 Å². The van der Waals surface area contributed by atoms with Crippen LogP contribution in [0.5, 0.6) is 0 Å². The number of rotatable bonds is 16. The molecule has 1 aromatic carbocycles. The van der Waals surface area contributed by atoms with Gasteiger partial charge in [0.25, 0.3) is 0 Å². The molecule has 0 saturated heterocycles. The van der Waals surface area contributed by atoms with Gasteiger partial charge in [0.05, 0.1) is 11.1 Å². The number of carbonyl (C=O) groups is 2. The van der Waals surface area contributed by atoms with Crippen molar-refractivity contribution in [2.45, 2.75) is 104 Å². The van der Waals surface area contributed by atoms with Crippen molar-refractivity contribution < 1.29 is 19.4 Å². The average Bonchev–Trinajstić information content (AvgIpc) is 2.75. The zero-order valence-electron chi connectivity index (χ0n) is 19.5. The maximum Gasteiger partial charge on any atom is 0.338 e. The Bertz CT molecular complexity index is 608. The van der Waals surface area contributed by atoms with Gasteiger partial charge in [0.1, 0.15) is 6.10 Å². The molecule has 4 nitrogen and oxygen atoms in total. The maximum absolute atomic E-state index is 12.9. The number of ether oxygens (including phenoxy) is 1. The summed E-state index contributed by atoms with van der Waals surface area (Å²) in [5.74, 6) is -0.366. The van der Waals surface area contributed by atoms with Crippen molar-refractivity contribution in [3.8, 4) is 0 Å². The zero-order chi connectivity index (χ0) is 22.4. The quantitative estimate of drug-likeness (QED) is 0.223. The van der Waals surface area contributed by atoms with E-state index >= 15 is 0 Å². The predicted octanol–water partition coefficient (Wildman–Crippen LogP) is 7.51. The Balaban J connectivity index is 2.97. The molecule has 0 saturated carbocycles. The molecule has 0 radical (unpaired) electrons. The molecule has 0 aromatic heterocycles. The van der Waals surface area contributed by atoms with E-state index in [1.807, 2.05) is 0 Å². The van der Waals surface area contributed by atoms with Crippen LogP contribution in [-0.4, -0.2) is 23.1 Å². The van der Waals surface area contributed by atoms with Crippen molar-refractivity contribution in [3.63, 3.8) is 0 Å². The van der Waals surface area contributed by atoms with Crippen LogP contribution in [0.25, 0.3) is 0 Å². The van der Waals surface area contributed by atoms with Crippen LogP contribution >= 0.6 is 0 Å². The van der Waals surface area contributed by atoms with Gasteiger partial charge >= 0.3 is 11.9 Å². The second-order valence-electron chi connectivity index (χ2n) is 8.52. The van der Waals surface area contributed by atoms with Gasteiger partial charge in [-0.3, -0.25) is 0 Å². The summed E-state index contributed by atoms with van der Waals surface area (Å²) in [6.45, 7) is 8.86. The Labute approximate surface area is 183 Å². The van der Waals surface area contributed by atoms with Gasteiger partial charge < -0.3 is 9.84 Å². The number of hydrogen-bond donors (Lipinski definition) is 1. The lowest BCUT2D eigenvalue weighted by Gasteiger charge is -2.30. The van der Waals surface area contributed by atoms with Crippen LogP contribution in [0.4, 0.5) is 0 Å². The first-order chi connectivity index (χ1) is 14.5. The smallest absolute Gasteiger partial charge is 0.338 e. The molecule has 0 aliphatic carbocycles. The zero-order valence-corrected chi connectivity index (χ0v) is 19.5. The highest BCUT2D eigenvalue weighted by molar-refractivity contribution is 5.92. The number of carboxylic acids is 1. The van der Waals surface area contributed by atoms with E-state index < -0.39 is 5.97 Å². The minimum Gasteiger partial charge on any atom is -0.478 e. The monoisotopic (exact) mass is 418 g/mol. The van der Waals surface area contributed by atoms with Crippen molar-refractivity contribution in [2.24, 2.45) is 11.8 Å². The molecule has 0 amide bonds. The highest BCUT2D eigenvalue weighted by Gasteiger charge is 2.27. The van der Waals surface area contributed by atoms with Gasteiger partial charge in [0, 0.05) is 0 Å². The minimum atomic E-state index is -0.992. The molecule has 4 heteroatoms. The summed E-state index contributed by atoms with van der Waals surface area (Å²) in [5.41, 5.74) is 0.604. The van der Waals surface area contributed by atoms with E-state index in [9.17, 15) is 9.59 Å².